The van der Waals surface area contributed by atoms with Gasteiger partial charge in [0.1, 0.15) is 18.0 Å². The van der Waals surface area contributed by atoms with E-state index in [4.69, 9.17) is 4.74 Å². The van der Waals surface area contributed by atoms with Crippen molar-refractivity contribution in [1.82, 2.24) is 9.38 Å². The summed E-state index contributed by atoms with van der Waals surface area (Å²) in [6.45, 7) is 2.24. The Labute approximate surface area is 208 Å². The minimum absolute atomic E-state index is 0.222. The van der Waals surface area contributed by atoms with E-state index in [0.717, 1.165) is 16.9 Å². The highest BCUT2D eigenvalue weighted by molar-refractivity contribution is 6.07. The van der Waals surface area contributed by atoms with E-state index in [1.165, 1.54) is 0 Å². The van der Waals surface area contributed by atoms with E-state index in [9.17, 15) is 9.59 Å². The third-order valence-electron chi connectivity index (χ3n) is 5.65. The Hall–Kier alpha value is -4.91. The molecular weight excluding hydrogens is 452 g/mol. The first-order valence-corrected chi connectivity index (χ1v) is 11.5. The number of ether oxygens (including phenoxy) is 1. The number of hydrogen-bond acceptors (Lipinski definition) is 4. The standard InChI is InChI=1S/C29H24N4O3/c1-20-9-8-16-33-18-24(30-27(20)33)19-36-26-15-6-5-14-25(26)29(35)32-23-13-7-12-22(17-23)31-28(34)21-10-3-2-4-11-21/h2-18H,19H2,1H3,(H,31,34)(H,32,35). The van der Waals surface area contributed by atoms with E-state index < -0.39 is 0 Å². The molecule has 2 N–H and O–H groups in total. The van der Waals surface area contributed by atoms with Crippen LogP contribution in [0.4, 0.5) is 11.4 Å². The van der Waals surface area contributed by atoms with Crippen LogP contribution in [0.25, 0.3) is 5.65 Å². The van der Waals surface area contributed by atoms with Gasteiger partial charge in [0.05, 0.1) is 11.3 Å². The highest BCUT2D eigenvalue weighted by Crippen LogP contribution is 2.23. The lowest BCUT2D eigenvalue weighted by molar-refractivity contribution is 0.101. The molecule has 0 saturated carbocycles. The van der Waals surface area contributed by atoms with Gasteiger partial charge in [0.15, 0.2) is 0 Å². The Kier molecular flexibility index (Phi) is 6.44. The number of imidazole rings is 1. The van der Waals surface area contributed by atoms with Gasteiger partial charge in [0.25, 0.3) is 11.8 Å². The maximum atomic E-state index is 13.1. The number of amides is 2. The van der Waals surface area contributed by atoms with Gasteiger partial charge in [0, 0.05) is 29.3 Å². The van der Waals surface area contributed by atoms with Crippen molar-refractivity contribution < 1.29 is 14.3 Å². The molecule has 0 atom stereocenters. The van der Waals surface area contributed by atoms with E-state index in [2.05, 4.69) is 15.6 Å². The highest BCUT2D eigenvalue weighted by Gasteiger charge is 2.14. The molecule has 5 rings (SSSR count). The second-order valence-electron chi connectivity index (χ2n) is 8.29. The lowest BCUT2D eigenvalue weighted by Crippen LogP contribution is -2.15. The number of benzene rings is 3. The fourth-order valence-electron chi connectivity index (χ4n) is 3.87. The summed E-state index contributed by atoms with van der Waals surface area (Å²) in [4.78, 5) is 30.2. The van der Waals surface area contributed by atoms with Crippen LogP contribution in [0.5, 0.6) is 5.75 Å². The summed E-state index contributed by atoms with van der Waals surface area (Å²) in [6.07, 6.45) is 3.86. The predicted molar refractivity (Wildman–Crippen MR) is 139 cm³/mol. The molecule has 7 heteroatoms. The average molecular weight is 477 g/mol. The van der Waals surface area contributed by atoms with Crippen molar-refractivity contribution >= 4 is 28.8 Å². The second kappa shape index (κ2) is 10.1. The lowest BCUT2D eigenvalue weighted by Gasteiger charge is -2.12. The summed E-state index contributed by atoms with van der Waals surface area (Å²) in [6, 6.07) is 27.0. The van der Waals surface area contributed by atoms with Gasteiger partial charge in [-0.2, -0.15) is 0 Å². The summed E-state index contributed by atoms with van der Waals surface area (Å²) in [5.41, 5.74) is 4.80. The van der Waals surface area contributed by atoms with Crippen molar-refractivity contribution in [3.63, 3.8) is 0 Å². The first-order valence-electron chi connectivity index (χ1n) is 11.5. The molecule has 7 nitrogen and oxygen atoms in total. The Morgan fingerprint density at radius 2 is 1.56 bits per heavy atom. The number of rotatable bonds is 7. The number of pyridine rings is 1. The quantitative estimate of drug-likeness (QED) is 0.314. The molecule has 0 aliphatic heterocycles. The fraction of sp³-hybridized carbons (Fsp3) is 0.0690. The minimum atomic E-state index is -0.317. The molecule has 0 aliphatic carbocycles. The summed E-state index contributed by atoms with van der Waals surface area (Å²) >= 11 is 0. The normalized spacial score (nSPS) is 10.7. The number of carbonyl (C=O) groups is 2. The van der Waals surface area contributed by atoms with E-state index in [1.54, 1.807) is 66.7 Å². The van der Waals surface area contributed by atoms with Crippen LogP contribution in [0.15, 0.2) is 103 Å². The predicted octanol–water partition coefficient (Wildman–Crippen LogP) is 5.73. The number of nitrogens with zero attached hydrogens (tertiary/aromatic N) is 2. The smallest absolute Gasteiger partial charge is 0.259 e. The number of aromatic nitrogens is 2. The van der Waals surface area contributed by atoms with Crippen molar-refractivity contribution in [3.8, 4) is 5.75 Å². The Balaban J connectivity index is 1.27. The molecule has 0 bridgehead atoms. The Morgan fingerprint density at radius 1 is 0.833 bits per heavy atom. The second-order valence-corrected chi connectivity index (χ2v) is 8.29. The van der Waals surface area contributed by atoms with Gasteiger partial charge in [-0.25, -0.2) is 4.98 Å². The summed E-state index contributed by atoms with van der Waals surface area (Å²) in [5, 5.41) is 5.74. The first kappa shape index (κ1) is 22.9. The van der Waals surface area contributed by atoms with Crippen LogP contribution in [-0.4, -0.2) is 21.2 Å². The van der Waals surface area contributed by atoms with Gasteiger partial charge in [-0.3, -0.25) is 9.59 Å². The maximum absolute atomic E-state index is 13.1. The number of fused-ring (bicyclic) bond motifs is 1. The number of aryl methyl sites for hydroxylation is 1. The molecule has 0 radical (unpaired) electrons. The summed E-state index contributed by atoms with van der Waals surface area (Å²) < 4.78 is 7.94. The van der Waals surface area contributed by atoms with Gasteiger partial charge >= 0.3 is 0 Å². The van der Waals surface area contributed by atoms with Gasteiger partial charge < -0.3 is 19.8 Å². The van der Waals surface area contributed by atoms with Crippen LogP contribution in [0.3, 0.4) is 0 Å². The SMILES string of the molecule is Cc1cccn2cc(COc3ccccc3C(=O)Nc3cccc(NC(=O)c4ccccc4)c3)nc12. The molecular formula is C29H24N4O3. The molecule has 0 spiro atoms. The molecule has 178 valence electrons. The maximum Gasteiger partial charge on any atom is 0.259 e. The first-order chi connectivity index (χ1) is 17.6. The third kappa shape index (κ3) is 5.10. The molecule has 0 fully saturated rings. The zero-order chi connectivity index (χ0) is 24.9. The molecule has 2 amide bonds. The van der Waals surface area contributed by atoms with Gasteiger partial charge in [0.2, 0.25) is 0 Å². The molecule has 2 heterocycles. The van der Waals surface area contributed by atoms with Crippen molar-refractivity contribution in [1.29, 1.82) is 0 Å². The highest BCUT2D eigenvalue weighted by atomic mass is 16.5. The average Bonchev–Trinajstić information content (AvgIpc) is 3.33. The summed E-state index contributed by atoms with van der Waals surface area (Å²) in [7, 11) is 0. The van der Waals surface area contributed by atoms with Crippen molar-refractivity contribution in [2.75, 3.05) is 10.6 Å². The lowest BCUT2D eigenvalue weighted by atomic mass is 10.1. The third-order valence-corrected chi connectivity index (χ3v) is 5.65. The number of hydrogen-bond donors (Lipinski definition) is 2. The number of carbonyl (C=O) groups excluding carboxylic acids is 2. The molecule has 3 aromatic carbocycles. The van der Waals surface area contributed by atoms with Gasteiger partial charge in [-0.05, 0) is 61.0 Å². The zero-order valence-corrected chi connectivity index (χ0v) is 19.6. The van der Waals surface area contributed by atoms with Crippen molar-refractivity contribution in [3.05, 3.63) is 126 Å². The fourth-order valence-corrected chi connectivity index (χ4v) is 3.87. The van der Waals surface area contributed by atoms with Gasteiger partial charge in [-0.15, -0.1) is 0 Å². The monoisotopic (exact) mass is 476 g/mol. The summed E-state index contributed by atoms with van der Waals surface area (Å²) in [5.74, 6) is -0.0831. The molecule has 0 unspecified atom stereocenters. The van der Waals surface area contributed by atoms with Crippen LogP contribution in [-0.2, 0) is 6.61 Å². The topological polar surface area (TPSA) is 84.7 Å². The number of nitrogens with one attached hydrogen (secondary N) is 2. The Bertz CT molecular complexity index is 1540. The molecule has 0 saturated heterocycles. The molecule has 2 aromatic heterocycles. The van der Waals surface area contributed by atoms with E-state index in [0.29, 0.717) is 28.3 Å². The van der Waals surface area contributed by atoms with Crippen LogP contribution >= 0.6 is 0 Å². The van der Waals surface area contributed by atoms with Crippen molar-refractivity contribution in [2.45, 2.75) is 13.5 Å². The van der Waals surface area contributed by atoms with E-state index in [1.807, 2.05) is 48.0 Å². The molecule has 5 aromatic rings. The minimum Gasteiger partial charge on any atom is -0.486 e. The van der Waals surface area contributed by atoms with E-state index in [-0.39, 0.29) is 18.4 Å². The van der Waals surface area contributed by atoms with Crippen LogP contribution in [0, 0.1) is 6.92 Å². The van der Waals surface area contributed by atoms with Crippen molar-refractivity contribution in [2.24, 2.45) is 0 Å². The number of para-hydroxylation sites is 1. The zero-order valence-electron chi connectivity index (χ0n) is 19.6. The molecule has 36 heavy (non-hydrogen) atoms. The molecule has 0 aliphatic rings. The number of anilines is 2. The largest absolute Gasteiger partial charge is 0.486 e. The van der Waals surface area contributed by atoms with Crippen LogP contribution in [0.1, 0.15) is 32.0 Å². The Morgan fingerprint density at radius 3 is 2.33 bits per heavy atom. The van der Waals surface area contributed by atoms with Crippen LogP contribution in [0.2, 0.25) is 0 Å². The van der Waals surface area contributed by atoms with E-state index >= 15 is 0 Å². The van der Waals surface area contributed by atoms with Crippen LogP contribution < -0.4 is 15.4 Å². The van der Waals surface area contributed by atoms with Gasteiger partial charge in [-0.1, -0.05) is 42.5 Å².